The van der Waals surface area contributed by atoms with Crippen LogP contribution < -0.4 is 0 Å². The summed E-state index contributed by atoms with van der Waals surface area (Å²) < 4.78 is 1.72. The van der Waals surface area contributed by atoms with E-state index in [9.17, 15) is 9.90 Å². The Morgan fingerprint density at radius 1 is 1.22 bits per heavy atom. The fraction of sp³-hybridized carbons (Fsp3) is 0.0952. The smallest absolute Gasteiger partial charge is 0.337 e. The summed E-state index contributed by atoms with van der Waals surface area (Å²) in [6, 6.07) is 13.2. The van der Waals surface area contributed by atoms with E-state index in [-0.39, 0.29) is 5.56 Å². The van der Waals surface area contributed by atoms with Crippen molar-refractivity contribution in [3.8, 4) is 22.4 Å². The highest BCUT2D eigenvalue weighted by Gasteiger charge is 2.17. The van der Waals surface area contributed by atoms with Crippen molar-refractivity contribution in [3.63, 3.8) is 0 Å². The number of hydrogen-bond donors (Lipinski definition) is 1. The standard InChI is InChI=1S/C21H15N3O2S/c1-2-4-18-16-5-3-6-17(21(25)26)19(16)24(23-18)13-14-7-9-15(10-8-14)20-22-11-12-27-20/h3,5-12H,13H2,1H3,(H,25,26). The Labute approximate surface area is 159 Å². The fourth-order valence-corrected chi connectivity index (χ4v) is 3.67. The van der Waals surface area contributed by atoms with Crippen molar-refractivity contribution in [2.24, 2.45) is 0 Å². The number of aromatic carboxylic acids is 1. The molecule has 0 unspecified atom stereocenters. The molecule has 0 radical (unpaired) electrons. The SMILES string of the molecule is CC#Cc1nn(Cc2ccc(-c3nccs3)cc2)c2c(C(=O)O)cccc12. The molecule has 0 bridgehead atoms. The van der Waals surface area contributed by atoms with Gasteiger partial charge in [0.1, 0.15) is 10.7 Å². The number of aromatic nitrogens is 3. The molecule has 132 valence electrons. The summed E-state index contributed by atoms with van der Waals surface area (Å²) in [7, 11) is 0. The molecule has 0 atom stereocenters. The van der Waals surface area contributed by atoms with Gasteiger partial charge >= 0.3 is 5.97 Å². The molecule has 0 saturated heterocycles. The third-order valence-corrected chi connectivity index (χ3v) is 5.03. The van der Waals surface area contributed by atoms with Crippen molar-refractivity contribution in [1.29, 1.82) is 0 Å². The molecule has 4 rings (SSSR count). The van der Waals surface area contributed by atoms with Crippen LogP contribution in [0.1, 0.15) is 28.5 Å². The van der Waals surface area contributed by atoms with Crippen LogP contribution in [0.3, 0.4) is 0 Å². The van der Waals surface area contributed by atoms with Gasteiger partial charge in [0.05, 0.1) is 17.6 Å². The molecule has 0 saturated carbocycles. The van der Waals surface area contributed by atoms with Gasteiger partial charge in [-0.3, -0.25) is 4.68 Å². The van der Waals surface area contributed by atoms with Crippen LogP contribution in [0.2, 0.25) is 0 Å². The number of thiazole rings is 1. The predicted molar refractivity (Wildman–Crippen MR) is 106 cm³/mol. The molecule has 4 aromatic rings. The summed E-state index contributed by atoms with van der Waals surface area (Å²) in [6.07, 6.45) is 1.79. The number of fused-ring (bicyclic) bond motifs is 1. The van der Waals surface area contributed by atoms with Gasteiger partial charge < -0.3 is 5.11 Å². The maximum atomic E-state index is 11.7. The number of carboxylic acid groups (broad SMARTS) is 1. The lowest BCUT2D eigenvalue weighted by atomic mass is 10.1. The first kappa shape index (κ1) is 17.0. The normalized spacial score (nSPS) is 10.6. The zero-order valence-electron chi connectivity index (χ0n) is 14.5. The topological polar surface area (TPSA) is 68.0 Å². The zero-order valence-corrected chi connectivity index (χ0v) is 15.3. The van der Waals surface area contributed by atoms with Crippen LogP contribution in [0.15, 0.2) is 54.0 Å². The van der Waals surface area contributed by atoms with Gasteiger partial charge in [0.2, 0.25) is 0 Å². The number of carbonyl (C=O) groups is 1. The van der Waals surface area contributed by atoms with E-state index in [4.69, 9.17) is 0 Å². The summed E-state index contributed by atoms with van der Waals surface area (Å²) in [5, 5.41) is 17.8. The van der Waals surface area contributed by atoms with Crippen LogP contribution in [0.5, 0.6) is 0 Å². The predicted octanol–water partition coefficient (Wildman–Crippen LogP) is 4.28. The van der Waals surface area contributed by atoms with Crippen molar-refractivity contribution in [2.45, 2.75) is 13.5 Å². The van der Waals surface area contributed by atoms with Gasteiger partial charge in [0.25, 0.3) is 0 Å². The van der Waals surface area contributed by atoms with Crippen LogP contribution in [-0.4, -0.2) is 25.8 Å². The quantitative estimate of drug-likeness (QED) is 0.542. The summed E-state index contributed by atoms with van der Waals surface area (Å²) in [5.74, 6) is 4.84. The first-order valence-electron chi connectivity index (χ1n) is 8.32. The molecule has 0 aliphatic heterocycles. The Morgan fingerprint density at radius 2 is 2.04 bits per heavy atom. The number of nitrogens with zero attached hydrogens (tertiary/aromatic N) is 3. The second kappa shape index (κ2) is 7.06. The van der Waals surface area contributed by atoms with Gasteiger partial charge in [-0.1, -0.05) is 36.3 Å². The van der Waals surface area contributed by atoms with Crippen LogP contribution >= 0.6 is 11.3 Å². The monoisotopic (exact) mass is 373 g/mol. The van der Waals surface area contributed by atoms with Gasteiger partial charge in [0.15, 0.2) is 0 Å². The molecule has 0 aliphatic carbocycles. The minimum atomic E-state index is -0.975. The fourth-order valence-electron chi connectivity index (χ4n) is 3.03. The van der Waals surface area contributed by atoms with Crippen LogP contribution in [-0.2, 0) is 6.54 Å². The van der Waals surface area contributed by atoms with E-state index in [1.807, 2.05) is 35.7 Å². The molecule has 0 amide bonds. The number of rotatable bonds is 4. The molecule has 0 aliphatic rings. The Bertz CT molecular complexity index is 1180. The van der Waals surface area contributed by atoms with Crippen LogP contribution in [0.25, 0.3) is 21.5 Å². The van der Waals surface area contributed by atoms with Crippen molar-refractivity contribution >= 4 is 28.2 Å². The van der Waals surface area contributed by atoms with E-state index < -0.39 is 5.97 Å². The molecule has 27 heavy (non-hydrogen) atoms. The number of para-hydroxylation sites is 1. The second-order valence-corrected chi connectivity index (χ2v) is 6.82. The summed E-state index contributed by atoms with van der Waals surface area (Å²) in [5.41, 5.74) is 3.49. The molecule has 2 aromatic carbocycles. The number of benzene rings is 2. The maximum absolute atomic E-state index is 11.7. The summed E-state index contributed by atoms with van der Waals surface area (Å²) in [6.45, 7) is 2.20. The zero-order chi connectivity index (χ0) is 18.8. The van der Waals surface area contributed by atoms with Gasteiger partial charge in [-0.25, -0.2) is 9.78 Å². The highest BCUT2D eigenvalue weighted by atomic mass is 32.1. The Hall–Kier alpha value is -3.43. The minimum absolute atomic E-state index is 0.226. The molecule has 2 heterocycles. The van der Waals surface area contributed by atoms with Gasteiger partial charge in [-0.05, 0) is 30.5 Å². The second-order valence-electron chi connectivity index (χ2n) is 5.92. The average Bonchev–Trinajstić information content (AvgIpc) is 3.32. The average molecular weight is 373 g/mol. The van der Waals surface area contributed by atoms with E-state index >= 15 is 0 Å². The molecule has 2 aromatic heterocycles. The lowest BCUT2D eigenvalue weighted by Gasteiger charge is -2.07. The molecular formula is C21H15N3O2S. The van der Waals surface area contributed by atoms with Gasteiger partial charge in [-0.2, -0.15) is 5.10 Å². The maximum Gasteiger partial charge on any atom is 0.337 e. The third-order valence-electron chi connectivity index (χ3n) is 4.21. The van der Waals surface area contributed by atoms with Gasteiger partial charge in [0, 0.05) is 22.5 Å². The van der Waals surface area contributed by atoms with Crippen molar-refractivity contribution in [2.75, 3.05) is 0 Å². The Morgan fingerprint density at radius 3 is 2.70 bits per heavy atom. The lowest BCUT2D eigenvalue weighted by Crippen LogP contribution is -2.06. The molecular weight excluding hydrogens is 358 g/mol. The summed E-state index contributed by atoms with van der Waals surface area (Å²) >= 11 is 1.59. The lowest BCUT2D eigenvalue weighted by molar-refractivity contribution is 0.0698. The molecule has 6 heteroatoms. The summed E-state index contributed by atoms with van der Waals surface area (Å²) in [4.78, 5) is 16.0. The van der Waals surface area contributed by atoms with E-state index in [2.05, 4.69) is 21.9 Å². The molecule has 0 spiro atoms. The Kier molecular flexibility index (Phi) is 4.45. The molecule has 5 nitrogen and oxygen atoms in total. The Balaban J connectivity index is 1.77. The number of carboxylic acids is 1. The first-order chi connectivity index (χ1) is 13.2. The van der Waals surface area contributed by atoms with E-state index in [1.54, 1.807) is 41.3 Å². The first-order valence-corrected chi connectivity index (χ1v) is 9.19. The van der Waals surface area contributed by atoms with Crippen molar-refractivity contribution in [3.05, 3.63) is 70.9 Å². The molecule has 0 fully saturated rings. The van der Waals surface area contributed by atoms with Crippen LogP contribution in [0.4, 0.5) is 0 Å². The third kappa shape index (κ3) is 3.21. The van der Waals surface area contributed by atoms with Gasteiger partial charge in [-0.15, -0.1) is 11.3 Å². The van der Waals surface area contributed by atoms with Crippen molar-refractivity contribution in [1.82, 2.24) is 14.8 Å². The molecule has 1 N–H and O–H groups in total. The van der Waals surface area contributed by atoms with Crippen LogP contribution in [0, 0.1) is 11.8 Å². The van der Waals surface area contributed by atoms with E-state index in [1.165, 1.54) is 0 Å². The highest BCUT2D eigenvalue weighted by molar-refractivity contribution is 7.13. The number of hydrogen-bond acceptors (Lipinski definition) is 4. The van der Waals surface area contributed by atoms with E-state index in [0.29, 0.717) is 17.8 Å². The highest BCUT2D eigenvalue weighted by Crippen LogP contribution is 2.25. The van der Waals surface area contributed by atoms with E-state index in [0.717, 1.165) is 21.5 Å². The van der Waals surface area contributed by atoms with Crippen molar-refractivity contribution < 1.29 is 9.90 Å². The largest absolute Gasteiger partial charge is 0.478 e. The minimum Gasteiger partial charge on any atom is -0.478 e.